The van der Waals surface area contributed by atoms with Crippen LogP contribution >= 0.6 is 0 Å². The first-order valence-electron chi connectivity index (χ1n) is 4.19. The zero-order valence-electron chi connectivity index (χ0n) is 7.67. The third kappa shape index (κ3) is 1.45. The van der Waals surface area contributed by atoms with Gasteiger partial charge in [0.05, 0.1) is 11.3 Å². The minimum absolute atomic E-state index is 0.136. The summed E-state index contributed by atoms with van der Waals surface area (Å²) in [4.78, 5) is 30.2. The van der Waals surface area contributed by atoms with Crippen molar-refractivity contribution in [3.63, 3.8) is 0 Å². The highest BCUT2D eigenvalue weighted by atomic mass is 16.2. The Morgan fingerprint density at radius 2 is 2.07 bits per heavy atom. The van der Waals surface area contributed by atoms with Crippen LogP contribution in [0.15, 0.2) is 29.2 Å². The molecule has 0 N–H and O–H groups in total. The lowest BCUT2D eigenvalue weighted by Crippen LogP contribution is -2.18. The topological polar surface area (TPSA) is 84.6 Å². The number of rotatable bonds is 2. The molecule has 0 saturated carbocycles. The lowest BCUT2D eigenvalue weighted by molar-refractivity contribution is -0.114. The molecule has 1 aliphatic rings. The Balaban J connectivity index is 2.63. The number of carbonyl (C=O) groups excluding carboxylic acids is 2. The molecule has 1 amide bonds. The number of carbonyl (C=O) groups is 2. The molecule has 6 heteroatoms. The van der Waals surface area contributed by atoms with Gasteiger partial charge in [-0.3, -0.25) is 9.59 Å². The predicted molar refractivity (Wildman–Crippen MR) is 49.8 cm³/mol. The average molecular weight is 202 g/mol. The molecule has 0 radical (unpaired) electrons. The molecule has 0 atom stereocenters. The number of aromatic nitrogens is 2. The Morgan fingerprint density at radius 3 is 2.80 bits per heavy atom. The lowest BCUT2D eigenvalue weighted by Gasteiger charge is -2.08. The second-order valence-corrected chi connectivity index (χ2v) is 2.85. The SMILES string of the molecule is C=CCc1ncnc2c1C(=O)C(=O)N=N2. The van der Waals surface area contributed by atoms with Gasteiger partial charge in [0.1, 0.15) is 6.33 Å². The number of hydrogen-bond donors (Lipinski definition) is 0. The molecule has 1 aromatic rings. The summed E-state index contributed by atoms with van der Waals surface area (Å²) in [6, 6.07) is 0. The van der Waals surface area contributed by atoms with Gasteiger partial charge in [0.25, 0.3) is 5.78 Å². The number of fused-ring (bicyclic) bond motifs is 1. The Labute approximate surface area is 84.8 Å². The van der Waals surface area contributed by atoms with Crippen molar-refractivity contribution in [1.29, 1.82) is 0 Å². The number of hydrogen-bond acceptors (Lipinski definition) is 5. The first-order valence-corrected chi connectivity index (χ1v) is 4.19. The van der Waals surface area contributed by atoms with Crippen molar-refractivity contribution in [2.24, 2.45) is 10.2 Å². The van der Waals surface area contributed by atoms with Crippen LogP contribution in [0.3, 0.4) is 0 Å². The Hall–Kier alpha value is -2.24. The van der Waals surface area contributed by atoms with Gasteiger partial charge in [-0.25, -0.2) is 9.97 Å². The standard InChI is InChI=1S/C9H6N4O2/c1-2-3-5-6-7(14)9(15)13-12-8(6)11-4-10-5/h2,4H,1,3H2. The summed E-state index contributed by atoms with van der Waals surface area (Å²) in [5, 5.41) is 6.71. The monoisotopic (exact) mass is 202 g/mol. The van der Waals surface area contributed by atoms with Crippen molar-refractivity contribution in [1.82, 2.24) is 9.97 Å². The molecule has 74 valence electrons. The van der Waals surface area contributed by atoms with Crippen molar-refractivity contribution in [2.45, 2.75) is 6.42 Å². The molecule has 15 heavy (non-hydrogen) atoms. The van der Waals surface area contributed by atoms with Crippen molar-refractivity contribution < 1.29 is 9.59 Å². The summed E-state index contributed by atoms with van der Waals surface area (Å²) in [6.07, 6.45) is 3.26. The van der Waals surface area contributed by atoms with Crippen LogP contribution in [-0.2, 0) is 11.2 Å². The number of allylic oxidation sites excluding steroid dienone is 1. The third-order valence-electron chi connectivity index (χ3n) is 1.90. The van der Waals surface area contributed by atoms with Gasteiger partial charge in [-0.2, -0.15) is 0 Å². The quantitative estimate of drug-likeness (QED) is 0.529. The summed E-state index contributed by atoms with van der Waals surface area (Å²) in [5.41, 5.74) is 0.587. The smallest absolute Gasteiger partial charge is 0.283 e. The maximum atomic E-state index is 11.5. The number of amides is 1. The highest BCUT2D eigenvalue weighted by molar-refractivity contribution is 6.44. The van der Waals surface area contributed by atoms with Crippen molar-refractivity contribution in [3.05, 3.63) is 30.2 Å². The minimum atomic E-state index is -0.886. The summed E-state index contributed by atoms with van der Waals surface area (Å²) < 4.78 is 0. The first kappa shape index (κ1) is 9.32. The second-order valence-electron chi connectivity index (χ2n) is 2.85. The van der Waals surface area contributed by atoms with Crippen LogP contribution in [0, 0.1) is 0 Å². The molecule has 1 aromatic heterocycles. The molecule has 0 unspecified atom stereocenters. The van der Waals surface area contributed by atoms with E-state index < -0.39 is 11.7 Å². The van der Waals surface area contributed by atoms with E-state index >= 15 is 0 Å². The molecule has 2 rings (SSSR count). The highest BCUT2D eigenvalue weighted by Crippen LogP contribution is 2.24. The molecule has 0 aromatic carbocycles. The van der Waals surface area contributed by atoms with E-state index in [1.54, 1.807) is 6.08 Å². The van der Waals surface area contributed by atoms with E-state index in [9.17, 15) is 9.59 Å². The molecular formula is C9H6N4O2. The van der Waals surface area contributed by atoms with Crippen LogP contribution in [0.4, 0.5) is 5.82 Å². The Bertz CT molecular complexity index is 493. The maximum absolute atomic E-state index is 11.5. The third-order valence-corrected chi connectivity index (χ3v) is 1.90. The number of ketones is 1. The predicted octanol–water partition coefficient (Wildman–Crippen LogP) is 1.01. The summed E-state index contributed by atoms with van der Waals surface area (Å²) in [7, 11) is 0. The van der Waals surface area contributed by atoms with Gasteiger partial charge in [-0.05, 0) is 0 Å². The molecule has 0 aliphatic carbocycles. The fourth-order valence-electron chi connectivity index (χ4n) is 1.26. The van der Waals surface area contributed by atoms with Crippen molar-refractivity contribution >= 4 is 17.5 Å². The van der Waals surface area contributed by atoms with Crippen molar-refractivity contribution in [3.8, 4) is 0 Å². The molecule has 0 bridgehead atoms. The van der Waals surface area contributed by atoms with Gasteiger partial charge in [0.15, 0.2) is 5.82 Å². The van der Waals surface area contributed by atoms with Crippen LogP contribution in [0.5, 0.6) is 0 Å². The van der Waals surface area contributed by atoms with Gasteiger partial charge in [-0.15, -0.1) is 16.8 Å². The van der Waals surface area contributed by atoms with Crippen LogP contribution < -0.4 is 0 Å². The van der Waals surface area contributed by atoms with E-state index in [1.807, 2.05) is 0 Å². The minimum Gasteiger partial charge on any atom is -0.283 e. The van der Waals surface area contributed by atoms with Crippen molar-refractivity contribution in [2.75, 3.05) is 0 Å². The number of nitrogens with zero attached hydrogens (tertiary/aromatic N) is 4. The van der Waals surface area contributed by atoms with Gasteiger partial charge >= 0.3 is 5.91 Å². The Morgan fingerprint density at radius 1 is 1.27 bits per heavy atom. The van der Waals surface area contributed by atoms with E-state index in [0.717, 1.165) is 0 Å². The molecular weight excluding hydrogens is 196 g/mol. The molecule has 0 spiro atoms. The second kappa shape index (κ2) is 3.49. The normalized spacial score (nSPS) is 13.9. The number of azo groups is 1. The molecule has 1 aliphatic heterocycles. The largest absolute Gasteiger partial charge is 0.336 e. The molecule has 6 nitrogen and oxygen atoms in total. The van der Waals surface area contributed by atoms with E-state index in [0.29, 0.717) is 12.1 Å². The zero-order chi connectivity index (χ0) is 10.8. The van der Waals surface area contributed by atoms with Gasteiger partial charge in [0.2, 0.25) is 0 Å². The zero-order valence-corrected chi connectivity index (χ0v) is 7.67. The molecule has 2 heterocycles. The van der Waals surface area contributed by atoms with Crippen LogP contribution in [-0.4, -0.2) is 21.7 Å². The van der Waals surface area contributed by atoms with Gasteiger partial charge < -0.3 is 0 Å². The summed E-state index contributed by atoms with van der Waals surface area (Å²) in [5.74, 6) is -1.45. The van der Waals surface area contributed by atoms with Gasteiger partial charge in [0, 0.05) is 6.42 Å². The first-order chi connectivity index (χ1) is 7.24. The summed E-state index contributed by atoms with van der Waals surface area (Å²) in [6.45, 7) is 3.54. The average Bonchev–Trinajstić information content (AvgIpc) is 2.24. The molecule has 0 fully saturated rings. The van der Waals surface area contributed by atoms with E-state index in [-0.39, 0.29) is 11.4 Å². The maximum Gasteiger partial charge on any atom is 0.336 e. The van der Waals surface area contributed by atoms with E-state index in [2.05, 4.69) is 26.8 Å². The Kier molecular flexibility index (Phi) is 2.17. The lowest BCUT2D eigenvalue weighted by atomic mass is 10.1. The van der Waals surface area contributed by atoms with E-state index in [4.69, 9.17) is 0 Å². The van der Waals surface area contributed by atoms with E-state index in [1.165, 1.54) is 6.33 Å². The van der Waals surface area contributed by atoms with Crippen LogP contribution in [0.2, 0.25) is 0 Å². The van der Waals surface area contributed by atoms with Crippen LogP contribution in [0.25, 0.3) is 0 Å². The van der Waals surface area contributed by atoms with Gasteiger partial charge in [-0.1, -0.05) is 6.08 Å². The fraction of sp³-hybridized carbons (Fsp3) is 0.111. The summed E-state index contributed by atoms with van der Waals surface area (Å²) >= 11 is 0. The highest BCUT2D eigenvalue weighted by Gasteiger charge is 2.28. The fourth-order valence-corrected chi connectivity index (χ4v) is 1.26. The van der Waals surface area contributed by atoms with Crippen LogP contribution in [0.1, 0.15) is 16.1 Å². The number of Topliss-reactive ketones (excluding diaryl/α,β-unsaturated/α-hetero) is 1. The molecule has 0 saturated heterocycles.